The van der Waals surface area contributed by atoms with Crippen molar-refractivity contribution in [2.75, 3.05) is 13.2 Å². The summed E-state index contributed by atoms with van der Waals surface area (Å²) < 4.78 is 0. The van der Waals surface area contributed by atoms with Crippen molar-refractivity contribution in [2.45, 2.75) is 51.0 Å². The fourth-order valence-corrected chi connectivity index (χ4v) is 3.58. The summed E-state index contributed by atoms with van der Waals surface area (Å²) in [4.78, 5) is 0. The van der Waals surface area contributed by atoms with E-state index in [0.29, 0.717) is 12.6 Å². The average Bonchev–Trinajstić information content (AvgIpc) is 3.30. The van der Waals surface area contributed by atoms with E-state index in [-0.39, 0.29) is 5.41 Å². The zero-order chi connectivity index (χ0) is 13.8. The molecule has 1 aromatic rings. The highest BCUT2D eigenvalue weighted by Crippen LogP contribution is 2.45. The highest BCUT2D eigenvalue weighted by Gasteiger charge is 2.42. The van der Waals surface area contributed by atoms with Gasteiger partial charge in [-0.1, -0.05) is 49.6 Å². The number of hydrogen-bond donors (Lipinski definition) is 2. The van der Waals surface area contributed by atoms with Crippen LogP contribution in [-0.4, -0.2) is 18.3 Å². The van der Waals surface area contributed by atoms with Gasteiger partial charge in [0.25, 0.3) is 0 Å². The fourth-order valence-electron chi connectivity index (χ4n) is 3.58. The Hall–Kier alpha value is -0.860. The van der Waals surface area contributed by atoms with Gasteiger partial charge in [-0.15, -0.1) is 0 Å². The van der Waals surface area contributed by atoms with Crippen LogP contribution in [0.15, 0.2) is 30.3 Å². The smallest absolute Gasteiger partial charge is 0.0499 e. The second kappa shape index (κ2) is 6.28. The predicted octanol–water partition coefficient (Wildman–Crippen LogP) is 3.67. The van der Waals surface area contributed by atoms with Gasteiger partial charge in [-0.25, -0.2) is 0 Å². The molecule has 0 spiro atoms. The molecule has 0 aliphatic heterocycles. The maximum absolute atomic E-state index is 9.51. The van der Waals surface area contributed by atoms with E-state index in [9.17, 15) is 5.11 Å². The molecule has 2 nitrogen and oxygen atoms in total. The van der Waals surface area contributed by atoms with Crippen LogP contribution in [0.3, 0.4) is 0 Å². The molecule has 1 unspecified atom stereocenters. The van der Waals surface area contributed by atoms with Crippen LogP contribution in [0, 0.1) is 11.3 Å². The van der Waals surface area contributed by atoms with Crippen molar-refractivity contribution in [3.63, 3.8) is 0 Å². The van der Waals surface area contributed by atoms with Gasteiger partial charge >= 0.3 is 0 Å². The Bertz CT molecular complexity index is 407. The second-order valence-electron chi connectivity index (χ2n) is 6.83. The zero-order valence-corrected chi connectivity index (χ0v) is 12.4. The van der Waals surface area contributed by atoms with Gasteiger partial charge in [-0.3, -0.25) is 0 Å². The molecule has 2 heteroatoms. The molecule has 20 heavy (non-hydrogen) atoms. The van der Waals surface area contributed by atoms with Crippen molar-refractivity contribution < 1.29 is 5.11 Å². The van der Waals surface area contributed by atoms with Gasteiger partial charge in [-0.2, -0.15) is 0 Å². The molecule has 2 aliphatic rings. The molecule has 0 radical (unpaired) electrons. The van der Waals surface area contributed by atoms with Gasteiger partial charge in [0.1, 0.15) is 0 Å². The monoisotopic (exact) mass is 273 g/mol. The molecule has 1 aromatic carbocycles. The maximum Gasteiger partial charge on any atom is 0.0499 e. The van der Waals surface area contributed by atoms with Crippen molar-refractivity contribution in [3.05, 3.63) is 35.9 Å². The van der Waals surface area contributed by atoms with Gasteiger partial charge in [-0.05, 0) is 37.2 Å². The first kappa shape index (κ1) is 14.1. The molecule has 110 valence electrons. The summed E-state index contributed by atoms with van der Waals surface area (Å²) in [6.45, 7) is 1.31. The van der Waals surface area contributed by atoms with Crippen LogP contribution >= 0.6 is 0 Å². The second-order valence-corrected chi connectivity index (χ2v) is 6.83. The number of aliphatic hydroxyl groups excluding tert-OH is 1. The van der Waals surface area contributed by atoms with Crippen molar-refractivity contribution in [1.82, 2.24) is 5.32 Å². The van der Waals surface area contributed by atoms with Crippen molar-refractivity contribution in [3.8, 4) is 0 Å². The van der Waals surface area contributed by atoms with Crippen LogP contribution in [0.2, 0.25) is 0 Å². The van der Waals surface area contributed by atoms with Crippen LogP contribution in [0.4, 0.5) is 0 Å². The molecule has 2 N–H and O–H groups in total. The van der Waals surface area contributed by atoms with Crippen LogP contribution in [-0.2, 0) is 0 Å². The minimum absolute atomic E-state index is 0.196. The van der Waals surface area contributed by atoms with E-state index in [1.54, 1.807) is 0 Å². The Morgan fingerprint density at radius 3 is 2.40 bits per heavy atom. The topological polar surface area (TPSA) is 32.3 Å². The number of benzene rings is 1. The third kappa shape index (κ3) is 3.24. The summed E-state index contributed by atoms with van der Waals surface area (Å²) in [5.41, 5.74) is 1.62. The molecule has 0 saturated heterocycles. The van der Waals surface area contributed by atoms with Crippen LogP contribution in [0.5, 0.6) is 0 Å². The van der Waals surface area contributed by atoms with Crippen LogP contribution < -0.4 is 5.32 Å². The van der Waals surface area contributed by atoms with Crippen LogP contribution in [0.25, 0.3) is 0 Å². The quantitative estimate of drug-likeness (QED) is 0.829. The third-order valence-electron chi connectivity index (χ3n) is 5.27. The molecular weight excluding hydrogens is 246 g/mol. The Morgan fingerprint density at radius 1 is 1.10 bits per heavy atom. The van der Waals surface area contributed by atoms with Gasteiger partial charge in [0, 0.05) is 24.6 Å². The highest BCUT2D eigenvalue weighted by atomic mass is 16.3. The van der Waals surface area contributed by atoms with Gasteiger partial charge in [0.2, 0.25) is 0 Å². The predicted molar refractivity (Wildman–Crippen MR) is 82.5 cm³/mol. The molecule has 2 saturated carbocycles. The van der Waals surface area contributed by atoms with E-state index < -0.39 is 0 Å². The standard InChI is InChI=1S/C18H27NO/c20-14-18(11-12-18)13-19-17(15-7-3-1-4-8-15)16-9-5-2-6-10-16/h1,3-4,7-8,16-17,19-20H,2,5-6,9-14H2. The summed E-state index contributed by atoms with van der Waals surface area (Å²) in [6, 6.07) is 11.4. The highest BCUT2D eigenvalue weighted by molar-refractivity contribution is 5.20. The minimum atomic E-state index is 0.196. The van der Waals surface area contributed by atoms with Crippen molar-refractivity contribution in [1.29, 1.82) is 0 Å². The average molecular weight is 273 g/mol. The maximum atomic E-state index is 9.51. The lowest BCUT2D eigenvalue weighted by molar-refractivity contribution is 0.190. The molecule has 1 atom stereocenters. The van der Waals surface area contributed by atoms with Crippen LogP contribution in [0.1, 0.15) is 56.6 Å². The van der Waals surface area contributed by atoms with Crippen molar-refractivity contribution in [2.24, 2.45) is 11.3 Å². The van der Waals surface area contributed by atoms with Gasteiger partial charge < -0.3 is 10.4 Å². The lowest BCUT2D eigenvalue weighted by Gasteiger charge is -2.32. The first-order valence-electron chi connectivity index (χ1n) is 8.22. The Balaban J connectivity index is 1.69. The molecule has 2 aliphatic carbocycles. The first-order valence-corrected chi connectivity index (χ1v) is 8.22. The van der Waals surface area contributed by atoms with E-state index in [1.165, 1.54) is 50.5 Å². The third-order valence-corrected chi connectivity index (χ3v) is 5.27. The summed E-state index contributed by atoms with van der Waals surface area (Å²) in [7, 11) is 0. The molecule has 0 aromatic heterocycles. The molecule has 3 rings (SSSR count). The summed E-state index contributed by atoms with van der Waals surface area (Å²) >= 11 is 0. The van der Waals surface area contributed by atoms with E-state index in [4.69, 9.17) is 0 Å². The molecule has 2 fully saturated rings. The number of rotatable bonds is 6. The Kier molecular flexibility index (Phi) is 4.42. The van der Waals surface area contributed by atoms with E-state index in [0.717, 1.165) is 12.5 Å². The minimum Gasteiger partial charge on any atom is -0.396 e. The lowest BCUT2D eigenvalue weighted by Crippen LogP contribution is -2.35. The first-order chi connectivity index (χ1) is 9.83. The zero-order valence-electron chi connectivity index (χ0n) is 12.4. The van der Waals surface area contributed by atoms with E-state index >= 15 is 0 Å². The summed E-state index contributed by atoms with van der Waals surface area (Å²) in [6.07, 6.45) is 9.21. The van der Waals surface area contributed by atoms with Gasteiger partial charge in [0.05, 0.1) is 0 Å². The normalized spacial score (nSPS) is 23.4. The Labute approximate surface area is 122 Å². The van der Waals surface area contributed by atoms with Gasteiger partial charge in [0.15, 0.2) is 0 Å². The van der Waals surface area contributed by atoms with E-state index in [1.807, 2.05) is 0 Å². The fraction of sp³-hybridized carbons (Fsp3) is 0.667. The summed E-state index contributed by atoms with van der Waals surface area (Å²) in [5.74, 6) is 0.764. The SMILES string of the molecule is OCC1(CNC(c2ccccc2)C2CCCCC2)CC1. The number of aliphatic hydroxyl groups is 1. The molecular formula is C18H27NO. The molecule has 0 heterocycles. The summed E-state index contributed by atoms with van der Waals surface area (Å²) in [5, 5.41) is 13.3. The molecule has 0 bridgehead atoms. The van der Waals surface area contributed by atoms with E-state index in [2.05, 4.69) is 35.6 Å². The lowest BCUT2D eigenvalue weighted by atomic mass is 9.81. The molecule has 0 amide bonds. The largest absolute Gasteiger partial charge is 0.396 e. The Morgan fingerprint density at radius 2 is 1.80 bits per heavy atom. The van der Waals surface area contributed by atoms with Crippen molar-refractivity contribution >= 4 is 0 Å². The number of hydrogen-bond acceptors (Lipinski definition) is 2. The number of nitrogens with one attached hydrogen (secondary N) is 1.